The van der Waals surface area contributed by atoms with Gasteiger partial charge in [0.25, 0.3) is 0 Å². The second-order valence-corrected chi connectivity index (χ2v) is 20.6. The summed E-state index contributed by atoms with van der Waals surface area (Å²) in [6.45, 7) is 0. The molecule has 0 amide bonds. The van der Waals surface area contributed by atoms with Crippen LogP contribution in [0.2, 0.25) is 0 Å². The van der Waals surface area contributed by atoms with Crippen LogP contribution in [0.1, 0.15) is 11.1 Å². The Morgan fingerprint density at radius 3 is 1.41 bits per heavy atom. The molecule has 0 saturated carbocycles. The number of hydrogen-bond acceptors (Lipinski definition) is 7. The van der Waals surface area contributed by atoms with E-state index in [-0.39, 0.29) is 0 Å². The van der Waals surface area contributed by atoms with E-state index in [1.807, 2.05) is 95.5 Å². The van der Waals surface area contributed by atoms with Crippen LogP contribution in [0.15, 0.2) is 212 Å². The minimum atomic E-state index is 0.466. The molecular formula is C65H35N7S2. The fourth-order valence-electron chi connectivity index (χ4n) is 11.2. The number of nitrogens with zero attached hydrogens (tertiary/aromatic N) is 7. The van der Waals surface area contributed by atoms with E-state index in [1.54, 1.807) is 0 Å². The van der Waals surface area contributed by atoms with Gasteiger partial charge in [0.2, 0.25) is 0 Å². The monoisotopic (exact) mass is 977 g/mol. The van der Waals surface area contributed by atoms with Gasteiger partial charge in [0.05, 0.1) is 56.7 Å². The van der Waals surface area contributed by atoms with Crippen LogP contribution in [0.25, 0.3) is 141 Å². The minimum absolute atomic E-state index is 0.466. The summed E-state index contributed by atoms with van der Waals surface area (Å²) in [5.41, 5.74) is 11.2. The van der Waals surface area contributed by atoms with Crippen molar-refractivity contribution >= 4 is 107 Å². The molecule has 5 heterocycles. The van der Waals surface area contributed by atoms with Crippen molar-refractivity contribution in [1.82, 2.24) is 24.1 Å². The Balaban J connectivity index is 1.02. The number of aromatic nitrogens is 5. The number of benzene rings is 10. The lowest BCUT2D eigenvalue weighted by Crippen LogP contribution is -2.06. The summed E-state index contributed by atoms with van der Waals surface area (Å²) in [6.07, 6.45) is 0. The Bertz CT molecular complexity index is 4950. The normalized spacial score (nSPS) is 11.8. The van der Waals surface area contributed by atoms with Crippen LogP contribution in [0, 0.1) is 22.7 Å². The molecule has 0 bridgehead atoms. The Morgan fingerprint density at radius 2 is 0.811 bits per heavy atom. The topological polar surface area (TPSA) is 96.1 Å². The van der Waals surface area contributed by atoms with Crippen LogP contribution in [-0.2, 0) is 0 Å². The van der Waals surface area contributed by atoms with Gasteiger partial charge in [-0.2, -0.15) is 10.5 Å². The molecule has 15 rings (SSSR count). The Kier molecular flexibility index (Phi) is 9.29. The van der Waals surface area contributed by atoms with E-state index < -0.39 is 0 Å². The van der Waals surface area contributed by atoms with Crippen LogP contribution in [0.3, 0.4) is 0 Å². The van der Waals surface area contributed by atoms with Crippen molar-refractivity contribution in [2.45, 2.75) is 0 Å². The number of para-hydroxylation sites is 2. The fourth-order valence-corrected chi connectivity index (χ4v) is 13.7. The SMILES string of the molecule is N#Cc1cccc(-c2ccc(-c3nc(-c4ccccc4)nc(-c4ccc(C#N)cc4-n4c5ccccc5c5c6sc7ccccc7c6ccc54)n3)c(-n3c4ccccc4c4c5sc6ccccc6c5ccc43)c2)c1. The van der Waals surface area contributed by atoms with Gasteiger partial charge in [0, 0.05) is 78.6 Å². The lowest BCUT2D eigenvalue weighted by atomic mass is 10.00. The number of rotatable bonds is 6. The molecule has 5 aromatic heterocycles. The van der Waals surface area contributed by atoms with Gasteiger partial charge in [-0.05, 0) is 90.0 Å². The summed E-state index contributed by atoms with van der Waals surface area (Å²) in [6, 6.07) is 78.1. The second kappa shape index (κ2) is 16.4. The van der Waals surface area contributed by atoms with Gasteiger partial charge >= 0.3 is 0 Å². The summed E-state index contributed by atoms with van der Waals surface area (Å²) in [4.78, 5) is 16.3. The van der Waals surface area contributed by atoms with Gasteiger partial charge in [0.1, 0.15) is 0 Å². The van der Waals surface area contributed by atoms with Crippen molar-refractivity contribution in [2.24, 2.45) is 0 Å². The second-order valence-electron chi connectivity index (χ2n) is 18.5. The molecule has 0 aliphatic carbocycles. The molecule has 0 N–H and O–H groups in total. The van der Waals surface area contributed by atoms with Crippen molar-refractivity contribution in [2.75, 3.05) is 0 Å². The lowest BCUT2D eigenvalue weighted by molar-refractivity contribution is 1.06. The van der Waals surface area contributed by atoms with Crippen LogP contribution in [0.4, 0.5) is 0 Å². The highest BCUT2D eigenvalue weighted by atomic mass is 32.1. The smallest absolute Gasteiger partial charge is 0.166 e. The van der Waals surface area contributed by atoms with Gasteiger partial charge in [-0.15, -0.1) is 22.7 Å². The molecule has 10 aromatic carbocycles. The predicted molar refractivity (Wildman–Crippen MR) is 305 cm³/mol. The van der Waals surface area contributed by atoms with Crippen molar-refractivity contribution < 1.29 is 0 Å². The number of thiophene rings is 2. The van der Waals surface area contributed by atoms with Crippen LogP contribution >= 0.6 is 22.7 Å². The van der Waals surface area contributed by atoms with Gasteiger partial charge in [-0.25, -0.2) is 15.0 Å². The zero-order valence-corrected chi connectivity index (χ0v) is 40.8. The number of hydrogen-bond donors (Lipinski definition) is 0. The van der Waals surface area contributed by atoms with E-state index in [9.17, 15) is 10.5 Å². The summed E-state index contributed by atoms with van der Waals surface area (Å²) < 4.78 is 9.57. The molecule has 0 aliphatic heterocycles. The molecule has 0 spiro atoms. The molecule has 0 saturated heterocycles. The van der Waals surface area contributed by atoms with Crippen LogP contribution in [0.5, 0.6) is 0 Å². The summed E-state index contributed by atoms with van der Waals surface area (Å²) in [5, 5.41) is 30.1. The maximum absolute atomic E-state index is 10.5. The highest BCUT2D eigenvalue weighted by Gasteiger charge is 2.25. The molecule has 74 heavy (non-hydrogen) atoms. The summed E-state index contributed by atoms with van der Waals surface area (Å²) in [5.74, 6) is 1.47. The first-order chi connectivity index (χ1) is 36.6. The molecule has 0 aliphatic rings. The molecule has 0 radical (unpaired) electrons. The van der Waals surface area contributed by atoms with E-state index >= 15 is 0 Å². The van der Waals surface area contributed by atoms with E-state index in [4.69, 9.17) is 15.0 Å². The molecule has 0 fully saturated rings. The molecule has 15 aromatic rings. The summed E-state index contributed by atoms with van der Waals surface area (Å²) >= 11 is 3.64. The molecule has 7 nitrogen and oxygen atoms in total. The standard InChI is InChI=1S/C65H35N7S2/c66-36-38-13-12-16-41(33-38)42-26-28-50(56(35-42)72-52-22-9-5-20-48(52)60-54(72)32-30-46-44-18-7-11-24-58(44)74-62(46)60)65-69-63(40-14-2-1-3-15-40)68-64(70-65)49-27-25-39(37-67)34-55(49)71-51-21-8-4-19-47(51)59-53(71)31-29-45-43-17-6-10-23-57(43)73-61(45)59/h1-35H. The van der Waals surface area contributed by atoms with E-state index in [0.29, 0.717) is 28.6 Å². The fraction of sp³-hybridized carbons (Fsp3) is 0. The third-order valence-corrected chi connectivity index (χ3v) is 16.8. The average molecular weight is 978 g/mol. The summed E-state index contributed by atoms with van der Waals surface area (Å²) in [7, 11) is 0. The highest BCUT2D eigenvalue weighted by molar-refractivity contribution is 7.27. The first-order valence-corrected chi connectivity index (χ1v) is 25.9. The first kappa shape index (κ1) is 42.0. The Morgan fingerprint density at radius 1 is 0.338 bits per heavy atom. The maximum Gasteiger partial charge on any atom is 0.166 e. The Hall–Kier alpha value is -9.77. The maximum atomic E-state index is 10.5. The average Bonchev–Trinajstić information content (AvgIpc) is 4.23. The zero-order chi connectivity index (χ0) is 49.0. The molecule has 9 heteroatoms. The van der Waals surface area contributed by atoms with Gasteiger partial charge < -0.3 is 9.13 Å². The lowest BCUT2D eigenvalue weighted by Gasteiger charge is -2.18. The predicted octanol–water partition coefficient (Wildman–Crippen LogP) is 17.2. The van der Waals surface area contributed by atoms with Crippen LogP contribution < -0.4 is 0 Å². The van der Waals surface area contributed by atoms with E-state index in [1.165, 1.54) is 45.7 Å². The molecule has 0 unspecified atom stereocenters. The molecule has 0 atom stereocenters. The molecular weight excluding hydrogens is 943 g/mol. The zero-order valence-electron chi connectivity index (χ0n) is 39.2. The van der Waals surface area contributed by atoms with Crippen molar-refractivity contribution in [1.29, 1.82) is 10.5 Å². The van der Waals surface area contributed by atoms with Crippen LogP contribution in [-0.4, -0.2) is 24.1 Å². The van der Waals surface area contributed by atoms with E-state index in [2.05, 4.69) is 161 Å². The van der Waals surface area contributed by atoms with E-state index in [0.717, 1.165) is 77.4 Å². The minimum Gasteiger partial charge on any atom is -0.308 e. The first-order valence-electron chi connectivity index (χ1n) is 24.3. The van der Waals surface area contributed by atoms with Crippen molar-refractivity contribution in [3.05, 3.63) is 223 Å². The van der Waals surface area contributed by atoms with Crippen molar-refractivity contribution in [3.8, 4) is 68.8 Å². The number of fused-ring (bicyclic) bond motifs is 14. The van der Waals surface area contributed by atoms with Crippen molar-refractivity contribution in [3.63, 3.8) is 0 Å². The highest BCUT2D eigenvalue weighted by Crippen LogP contribution is 2.47. The third kappa shape index (κ3) is 6.31. The largest absolute Gasteiger partial charge is 0.308 e. The Labute approximate surface area is 431 Å². The number of nitriles is 2. The molecule has 342 valence electrons. The third-order valence-electron chi connectivity index (χ3n) is 14.4. The quantitative estimate of drug-likeness (QED) is 0.165. The van der Waals surface area contributed by atoms with Gasteiger partial charge in [-0.3, -0.25) is 0 Å². The van der Waals surface area contributed by atoms with Gasteiger partial charge in [0.15, 0.2) is 17.5 Å². The van der Waals surface area contributed by atoms with Gasteiger partial charge in [-0.1, -0.05) is 133 Å².